The van der Waals surface area contributed by atoms with Gasteiger partial charge in [0.1, 0.15) is 10.1 Å². The number of anilines is 1. The van der Waals surface area contributed by atoms with Gasteiger partial charge in [0.2, 0.25) is 0 Å². The number of aryl methyl sites for hydroxylation is 2. The van der Waals surface area contributed by atoms with E-state index in [1.54, 1.807) is 0 Å². The molecule has 0 bridgehead atoms. The minimum atomic E-state index is -1.05. The van der Waals surface area contributed by atoms with Crippen LogP contribution in [0.4, 0.5) is 5.69 Å². The Morgan fingerprint density at radius 2 is 2.05 bits per heavy atom. The van der Waals surface area contributed by atoms with Crippen molar-refractivity contribution in [3.05, 3.63) is 41.2 Å². The molecule has 6 heteroatoms. The Morgan fingerprint density at radius 3 is 2.68 bits per heavy atom. The summed E-state index contributed by atoms with van der Waals surface area (Å²) in [5.74, 6) is -1.05. The van der Waals surface area contributed by atoms with Gasteiger partial charge in [-0.3, -0.25) is 0 Å². The molecule has 0 aliphatic heterocycles. The molecule has 0 fully saturated rings. The Labute approximate surface area is 114 Å². The zero-order valence-electron chi connectivity index (χ0n) is 10.5. The Morgan fingerprint density at radius 1 is 1.32 bits per heavy atom. The SMILES string of the molecule is Cc1cc(C)nc(Sc2ncc(N)cc2C(=O)O)c1. The van der Waals surface area contributed by atoms with Gasteiger partial charge in [-0.1, -0.05) is 0 Å². The van der Waals surface area contributed by atoms with Crippen LogP contribution in [0.1, 0.15) is 21.6 Å². The van der Waals surface area contributed by atoms with Crippen LogP contribution in [0, 0.1) is 13.8 Å². The van der Waals surface area contributed by atoms with Crippen molar-refractivity contribution in [2.45, 2.75) is 23.9 Å². The second kappa shape index (κ2) is 5.27. The van der Waals surface area contributed by atoms with Gasteiger partial charge in [0, 0.05) is 5.69 Å². The van der Waals surface area contributed by atoms with E-state index in [0.29, 0.717) is 10.7 Å². The second-order valence-corrected chi connectivity index (χ2v) is 5.16. The van der Waals surface area contributed by atoms with E-state index in [9.17, 15) is 4.79 Å². The Kier molecular flexibility index (Phi) is 3.71. The van der Waals surface area contributed by atoms with Crippen LogP contribution in [-0.2, 0) is 0 Å². The van der Waals surface area contributed by atoms with Crippen molar-refractivity contribution in [2.24, 2.45) is 0 Å². The van der Waals surface area contributed by atoms with E-state index in [-0.39, 0.29) is 5.56 Å². The lowest BCUT2D eigenvalue weighted by Gasteiger charge is -2.06. The van der Waals surface area contributed by atoms with Gasteiger partial charge < -0.3 is 10.8 Å². The van der Waals surface area contributed by atoms with Crippen LogP contribution >= 0.6 is 11.8 Å². The molecular formula is C13H13N3O2S. The van der Waals surface area contributed by atoms with Crippen LogP contribution < -0.4 is 5.73 Å². The average Bonchev–Trinajstić information content (AvgIpc) is 2.30. The van der Waals surface area contributed by atoms with Crippen molar-refractivity contribution in [2.75, 3.05) is 5.73 Å². The molecule has 0 saturated heterocycles. The standard InChI is InChI=1S/C13H13N3O2S/c1-7-3-8(2)16-11(4-7)19-12-10(13(17)18)5-9(14)6-15-12/h3-6H,14H2,1-2H3,(H,17,18). The topological polar surface area (TPSA) is 89.1 Å². The number of aromatic nitrogens is 2. The van der Waals surface area contributed by atoms with Crippen LogP contribution in [0.25, 0.3) is 0 Å². The van der Waals surface area contributed by atoms with Crippen LogP contribution in [0.3, 0.4) is 0 Å². The van der Waals surface area contributed by atoms with E-state index < -0.39 is 5.97 Å². The zero-order valence-corrected chi connectivity index (χ0v) is 11.4. The molecule has 0 spiro atoms. The highest BCUT2D eigenvalue weighted by molar-refractivity contribution is 7.99. The lowest BCUT2D eigenvalue weighted by Crippen LogP contribution is -2.03. The first kappa shape index (κ1) is 13.4. The van der Waals surface area contributed by atoms with Gasteiger partial charge in [-0.2, -0.15) is 0 Å². The van der Waals surface area contributed by atoms with Crippen molar-refractivity contribution in [1.29, 1.82) is 0 Å². The molecule has 0 unspecified atom stereocenters. The molecule has 0 saturated carbocycles. The summed E-state index contributed by atoms with van der Waals surface area (Å²) in [6.45, 7) is 3.86. The van der Waals surface area contributed by atoms with Crippen LogP contribution in [0.2, 0.25) is 0 Å². The fourth-order valence-corrected chi connectivity index (χ4v) is 2.65. The average molecular weight is 275 g/mol. The number of pyridine rings is 2. The smallest absolute Gasteiger partial charge is 0.338 e. The van der Waals surface area contributed by atoms with Crippen molar-refractivity contribution in [3.63, 3.8) is 0 Å². The molecule has 0 atom stereocenters. The van der Waals surface area contributed by atoms with Crippen LogP contribution in [0.5, 0.6) is 0 Å². The van der Waals surface area contributed by atoms with Crippen LogP contribution in [-0.4, -0.2) is 21.0 Å². The summed E-state index contributed by atoms with van der Waals surface area (Å²) in [6, 6.07) is 5.25. The summed E-state index contributed by atoms with van der Waals surface area (Å²) >= 11 is 1.22. The fraction of sp³-hybridized carbons (Fsp3) is 0.154. The number of rotatable bonds is 3. The first-order valence-corrected chi connectivity index (χ1v) is 6.39. The van der Waals surface area contributed by atoms with Gasteiger partial charge in [0.15, 0.2) is 0 Å². The summed E-state index contributed by atoms with van der Waals surface area (Å²) in [5, 5.41) is 10.3. The number of hydrogen-bond acceptors (Lipinski definition) is 5. The maximum Gasteiger partial charge on any atom is 0.338 e. The zero-order chi connectivity index (χ0) is 14.0. The van der Waals surface area contributed by atoms with E-state index in [1.165, 1.54) is 24.0 Å². The van der Waals surface area contributed by atoms with Crippen LogP contribution in [0.15, 0.2) is 34.4 Å². The minimum Gasteiger partial charge on any atom is -0.478 e. The number of carboxylic acid groups (broad SMARTS) is 1. The third-order valence-electron chi connectivity index (χ3n) is 2.38. The van der Waals surface area contributed by atoms with Crippen molar-refractivity contribution in [3.8, 4) is 0 Å². The molecule has 2 aromatic heterocycles. The Bertz CT molecular complexity index is 624. The van der Waals surface area contributed by atoms with E-state index in [4.69, 9.17) is 10.8 Å². The molecule has 2 heterocycles. The fourth-order valence-electron chi connectivity index (χ4n) is 1.66. The highest BCUT2D eigenvalue weighted by Gasteiger charge is 2.14. The van der Waals surface area contributed by atoms with Gasteiger partial charge >= 0.3 is 5.97 Å². The molecule has 2 rings (SSSR count). The molecule has 0 aliphatic carbocycles. The maximum absolute atomic E-state index is 11.2. The summed E-state index contributed by atoms with van der Waals surface area (Å²) in [4.78, 5) is 19.6. The molecule has 0 aliphatic rings. The summed E-state index contributed by atoms with van der Waals surface area (Å²) in [6.07, 6.45) is 1.44. The van der Waals surface area contributed by atoms with Gasteiger partial charge in [-0.25, -0.2) is 14.8 Å². The molecule has 98 valence electrons. The Hall–Kier alpha value is -2.08. The van der Waals surface area contributed by atoms with Gasteiger partial charge in [-0.15, -0.1) is 0 Å². The molecular weight excluding hydrogens is 262 g/mol. The highest BCUT2D eigenvalue weighted by atomic mass is 32.2. The minimum absolute atomic E-state index is 0.0889. The molecule has 0 aromatic carbocycles. The molecule has 2 aromatic rings. The predicted molar refractivity (Wildman–Crippen MR) is 73.4 cm³/mol. The number of nitrogen functional groups attached to an aromatic ring is 1. The first-order chi connectivity index (χ1) is 8.95. The maximum atomic E-state index is 11.2. The largest absolute Gasteiger partial charge is 0.478 e. The molecule has 3 N–H and O–H groups in total. The lowest BCUT2D eigenvalue weighted by atomic mass is 10.2. The lowest BCUT2D eigenvalue weighted by molar-refractivity contribution is 0.0692. The number of nitrogens with two attached hydrogens (primary N) is 1. The molecule has 0 amide bonds. The summed E-state index contributed by atoms with van der Waals surface area (Å²) < 4.78 is 0. The molecule has 0 radical (unpaired) electrons. The molecule has 19 heavy (non-hydrogen) atoms. The third-order valence-corrected chi connectivity index (χ3v) is 3.32. The van der Waals surface area contributed by atoms with Gasteiger partial charge in [-0.05, 0) is 49.4 Å². The number of hydrogen-bond donors (Lipinski definition) is 2. The quantitative estimate of drug-likeness (QED) is 0.894. The van der Waals surface area contributed by atoms with Crippen molar-refractivity contribution >= 4 is 23.4 Å². The normalized spacial score (nSPS) is 10.4. The predicted octanol–water partition coefficient (Wildman–Crippen LogP) is 2.53. The first-order valence-electron chi connectivity index (χ1n) is 5.57. The number of carboxylic acids is 1. The van der Waals surface area contributed by atoms with Gasteiger partial charge in [0.25, 0.3) is 0 Å². The van der Waals surface area contributed by atoms with Gasteiger partial charge in [0.05, 0.1) is 17.4 Å². The van der Waals surface area contributed by atoms with Crippen molar-refractivity contribution < 1.29 is 9.90 Å². The number of carbonyl (C=O) groups is 1. The van der Waals surface area contributed by atoms with E-state index in [0.717, 1.165) is 16.3 Å². The van der Waals surface area contributed by atoms with Crippen molar-refractivity contribution in [1.82, 2.24) is 9.97 Å². The summed E-state index contributed by atoms with van der Waals surface area (Å²) in [5.41, 5.74) is 7.93. The number of aromatic carboxylic acids is 1. The second-order valence-electron chi connectivity index (χ2n) is 4.15. The van der Waals surface area contributed by atoms with E-state index >= 15 is 0 Å². The highest BCUT2D eigenvalue weighted by Crippen LogP contribution is 2.29. The number of nitrogens with zero attached hydrogens (tertiary/aromatic N) is 2. The molecule has 5 nitrogen and oxygen atoms in total. The Balaban J connectivity index is 2.40. The summed E-state index contributed by atoms with van der Waals surface area (Å²) in [7, 11) is 0. The van der Waals surface area contributed by atoms with E-state index in [1.807, 2.05) is 26.0 Å². The third kappa shape index (κ3) is 3.23. The monoisotopic (exact) mass is 275 g/mol. The van der Waals surface area contributed by atoms with E-state index in [2.05, 4.69) is 9.97 Å².